The summed E-state index contributed by atoms with van der Waals surface area (Å²) in [5.74, 6) is 0.478. The van der Waals surface area contributed by atoms with Gasteiger partial charge in [0.2, 0.25) is 10.0 Å². The van der Waals surface area contributed by atoms with E-state index in [1.165, 1.54) is 34.9 Å². The van der Waals surface area contributed by atoms with Crippen LogP contribution in [-0.4, -0.2) is 51.5 Å². The average Bonchev–Trinajstić information content (AvgIpc) is 3.12. The van der Waals surface area contributed by atoms with E-state index >= 15 is 0 Å². The van der Waals surface area contributed by atoms with Gasteiger partial charge < -0.3 is 5.32 Å². The van der Waals surface area contributed by atoms with Gasteiger partial charge in [-0.05, 0) is 57.0 Å². The first-order chi connectivity index (χ1) is 14.8. The van der Waals surface area contributed by atoms with E-state index < -0.39 is 10.0 Å². The maximum Gasteiger partial charge on any atom is 0.256 e. The van der Waals surface area contributed by atoms with Crippen molar-refractivity contribution in [3.05, 3.63) is 59.7 Å². The van der Waals surface area contributed by atoms with Crippen molar-refractivity contribution >= 4 is 21.7 Å². The second-order valence-corrected chi connectivity index (χ2v) is 9.48. The first-order valence-corrected chi connectivity index (χ1v) is 11.6. The molecule has 1 fully saturated rings. The maximum absolute atomic E-state index is 12.8. The molecule has 3 heterocycles. The van der Waals surface area contributed by atoms with E-state index in [9.17, 15) is 13.2 Å². The van der Waals surface area contributed by atoms with Gasteiger partial charge in [0.25, 0.3) is 5.91 Å². The minimum absolute atomic E-state index is 0.194. The number of nitrogens with one attached hydrogen (secondary N) is 1. The third-order valence-electron chi connectivity index (χ3n) is 5.19. The lowest BCUT2D eigenvalue weighted by atomic mass is 10.2. The summed E-state index contributed by atoms with van der Waals surface area (Å²) in [5.41, 5.74) is 2.11. The van der Waals surface area contributed by atoms with Crippen LogP contribution in [0, 0.1) is 13.8 Å². The lowest BCUT2D eigenvalue weighted by molar-refractivity contribution is 0.102. The summed E-state index contributed by atoms with van der Waals surface area (Å²) in [5, 5.41) is 7.11. The van der Waals surface area contributed by atoms with Gasteiger partial charge in [-0.1, -0.05) is 6.42 Å². The molecular weight excluding hydrogens is 416 g/mol. The lowest BCUT2D eigenvalue weighted by Gasteiger charge is -2.25. The quantitative estimate of drug-likeness (QED) is 0.653. The van der Waals surface area contributed by atoms with Gasteiger partial charge in [-0.2, -0.15) is 9.40 Å². The van der Waals surface area contributed by atoms with Crippen molar-refractivity contribution < 1.29 is 13.2 Å². The van der Waals surface area contributed by atoms with Gasteiger partial charge in [-0.25, -0.2) is 23.1 Å². The van der Waals surface area contributed by atoms with Crippen LogP contribution in [0.1, 0.15) is 41.0 Å². The van der Waals surface area contributed by atoms with Crippen LogP contribution in [0.25, 0.3) is 5.82 Å². The normalized spacial score (nSPS) is 15.0. The summed E-state index contributed by atoms with van der Waals surface area (Å²) in [4.78, 5) is 21.1. The van der Waals surface area contributed by atoms with E-state index in [1.54, 1.807) is 10.7 Å². The molecule has 0 saturated carbocycles. The third kappa shape index (κ3) is 4.49. The van der Waals surface area contributed by atoms with Crippen molar-refractivity contribution in [1.29, 1.82) is 0 Å². The SMILES string of the molecule is Cc1cc(C)n(-c2cc(NC(=O)c3ccc(S(=O)(=O)N4CCCCC4)cc3)ncn2)n1. The molecule has 3 aromatic rings. The first kappa shape index (κ1) is 21.1. The molecule has 2 aromatic heterocycles. The highest BCUT2D eigenvalue weighted by atomic mass is 32.2. The number of carbonyl (C=O) groups is 1. The second-order valence-electron chi connectivity index (χ2n) is 7.54. The summed E-state index contributed by atoms with van der Waals surface area (Å²) in [7, 11) is -3.53. The molecule has 1 aromatic carbocycles. The van der Waals surface area contributed by atoms with Crippen LogP contribution >= 0.6 is 0 Å². The van der Waals surface area contributed by atoms with Gasteiger partial charge in [0, 0.05) is 30.4 Å². The number of anilines is 1. The molecule has 0 unspecified atom stereocenters. The number of piperidine rings is 1. The number of hydrogen-bond donors (Lipinski definition) is 1. The predicted molar refractivity (Wildman–Crippen MR) is 116 cm³/mol. The maximum atomic E-state index is 12.8. The minimum atomic E-state index is -3.53. The Labute approximate surface area is 181 Å². The summed E-state index contributed by atoms with van der Waals surface area (Å²) >= 11 is 0. The molecule has 4 rings (SSSR count). The fourth-order valence-electron chi connectivity index (χ4n) is 3.61. The van der Waals surface area contributed by atoms with E-state index in [1.807, 2.05) is 19.9 Å². The van der Waals surface area contributed by atoms with Crippen LogP contribution in [0.4, 0.5) is 5.82 Å². The zero-order chi connectivity index (χ0) is 22.0. The first-order valence-electron chi connectivity index (χ1n) is 10.1. The van der Waals surface area contributed by atoms with Gasteiger partial charge in [0.1, 0.15) is 12.1 Å². The second kappa shape index (κ2) is 8.56. The van der Waals surface area contributed by atoms with Crippen molar-refractivity contribution in [2.45, 2.75) is 38.0 Å². The molecule has 0 atom stereocenters. The highest BCUT2D eigenvalue weighted by Gasteiger charge is 2.26. The number of sulfonamides is 1. The number of hydrogen-bond acceptors (Lipinski definition) is 6. The molecule has 0 radical (unpaired) electrons. The Morgan fingerprint density at radius 3 is 2.35 bits per heavy atom. The standard InChI is InChI=1S/C21H24N6O3S/c1-15-12-16(2)27(25-15)20-13-19(22-14-23-20)24-21(28)17-6-8-18(9-7-17)31(29,30)26-10-4-3-5-11-26/h6-9,12-14H,3-5,10-11H2,1-2H3,(H,22,23,24,28). The van der Waals surface area contributed by atoms with Crippen LogP contribution in [0.3, 0.4) is 0 Å². The van der Waals surface area contributed by atoms with Crippen molar-refractivity contribution in [2.75, 3.05) is 18.4 Å². The molecule has 0 aliphatic carbocycles. The zero-order valence-electron chi connectivity index (χ0n) is 17.4. The number of carbonyl (C=O) groups excluding carboxylic acids is 1. The van der Waals surface area contributed by atoms with Crippen molar-refractivity contribution in [1.82, 2.24) is 24.1 Å². The van der Waals surface area contributed by atoms with Crippen LogP contribution < -0.4 is 5.32 Å². The molecule has 0 spiro atoms. The van der Waals surface area contributed by atoms with Crippen LogP contribution in [-0.2, 0) is 10.0 Å². The monoisotopic (exact) mass is 440 g/mol. The van der Waals surface area contributed by atoms with Crippen LogP contribution in [0.2, 0.25) is 0 Å². The Morgan fingerprint density at radius 2 is 1.71 bits per heavy atom. The number of amides is 1. The van der Waals surface area contributed by atoms with Gasteiger partial charge in [0.15, 0.2) is 5.82 Å². The van der Waals surface area contributed by atoms with E-state index in [-0.39, 0.29) is 10.8 Å². The largest absolute Gasteiger partial charge is 0.306 e. The Morgan fingerprint density at radius 1 is 1.00 bits per heavy atom. The molecule has 1 saturated heterocycles. The minimum Gasteiger partial charge on any atom is -0.306 e. The fourth-order valence-corrected chi connectivity index (χ4v) is 5.13. The summed E-state index contributed by atoms with van der Waals surface area (Å²) in [6.07, 6.45) is 4.15. The number of aryl methyl sites for hydroxylation is 2. The fraction of sp³-hybridized carbons (Fsp3) is 0.333. The van der Waals surface area contributed by atoms with Gasteiger partial charge >= 0.3 is 0 Å². The number of aromatic nitrogens is 4. The topological polar surface area (TPSA) is 110 Å². The Balaban J connectivity index is 1.49. The molecule has 10 heteroatoms. The van der Waals surface area contributed by atoms with Crippen LogP contribution in [0.5, 0.6) is 0 Å². The average molecular weight is 441 g/mol. The molecule has 1 aliphatic rings. The molecule has 1 N–H and O–H groups in total. The zero-order valence-corrected chi connectivity index (χ0v) is 18.3. The van der Waals surface area contributed by atoms with E-state index in [2.05, 4.69) is 20.4 Å². The third-order valence-corrected chi connectivity index (χ3v) is 7.10. The number of rotatable bonds is 5. The van der Waals surface area contributed by atoms with E-state index in [0.717, 1.165) is 30.7 Å². The molecule has 31 heavy (non-hydrogen) atoms. The Bertz CT molecular complexity index is 1200. The van der Waals surface area contributed by atoms with Crippen molar-refractivity contribution in [3.63, 3.8) is 0 Å². The number of nitrogens with zero attached hydrogens (tertiary/aromatic N) is 5. The smallest absolute Gasteiger partial charge is 0.256 e. The molecule has 1 amide bonds. The van der Waals surface area contributed by atoms with Crippen molar-refractivity contribution in [2.24, 2.45) is 0 Å². The van der Waals surface area contributed by atoms with Crippen molar-refractivity contribution in [3.8, 4) is 5.82 Å². The van der Waals surface area contributed by atoms with E-state index in [4.69, 9.17) is 0 Å². The number of benzene rings is 1. The Hall–Kier alpha value is -3.11. The summed E-state index contributed by atoms with van der Waals surface area (Å²) < 4.78 is 28.7. The summed E-state index contributed by atoms with van der Waals surface area (Å²) in [6, 6.07) is 9.53. The summed E-state index contributed by atoms with van der Waals surface area (Å²) in [6.45, 7) is 4.88. The molecule has 1 aliphatic heterocycles. The van der Waals surface area contributed by atoms with Gasteiger partial charge in [-0.15, -0.1) is 0 Å². The van der Waals surface area contributed by atoms with Crippen LogP contribution in [0.15, 0.2) is 47.6 Å². The molecule has 0 bridgehead atoms. The highest BCUT2D eigenvalue weighted by molar-refractivity contribution is 7.89. The highest BCUT2D eigenvalue weighted by Crippen LogP contribution is 2.21. The Kier molecular flexibility index (Phi) is 5.84. The van der Waals surface area contributed by atoms with Gasteiger partial charge in [0.05, 0.1) is 10.6 Å². The predicted octanol–water partition coefficient (Wildman–Crippen LogP) is 2.71. The van der Waals surface area contributed by atoms with E-state index in [0.29, 0.717) is 30.3 Å². The van der Waals surface area contributed by atoms with Gasteiger partial charge in [-0.3, -0.25) is 4.79 Å². The lowest BCUT2D eigenvalue weighted by Crippen LogP contribution is -2.35. The molecule has 9 nitrogen and oxygen atoms in total. The molecular formula is C21H24N6O3S. The molecule has 162 valence electrons.